The van der Waals surface area contributed by atoms with Gasteiger partial charge in [0.1, 0.15) is 11.5 Å². The lowest BCUT2D eigenvalue weighted by Gasteiger charge is -2.37. The standard InChI is InChI=1S/C23H25FN6O3S.ClH/c1-29-6-4-17-20(11-29)34-23(28-17)22(33)27-19-10-30(12-31)7-5-16(19)26-21(32)18-9-13-8-14(24)2-3-15(13)25-18;/h2-3,8-9,12,16,19,25H,4-7,10-11H2,1H3,(H,26,32)(H,27,33);1H/t16-,19-;/m0./s1. The fraction of sp³-hybridized carbons (Fsp3) is 0.391. The normalized spacial score (nSPS) is 20.1. The molecular weight excluding hydrogens is 495 g/mol. The fourth-order valence-corrected chi connectivity index (χ4v) is 5.61. The average molecular weight is 521 g/mol. The summed E-state index contributed by atoms with van der Waals surface area (Å²) in [4.78, 5) is 49.7. The summed E-state index contributed by atoms with van der Waals surface area (Å²) in [5.41, 5.74) is 1.93. The molecule has 9 nitrogen and oxygen atoms in total. The fourth-order valence-electron chi connectivity index (χ4n) is 4.51. The molecule has 2 atom stereocenters. The predicted molar refractivity (Wildman–Crippen MR) is 132 cm³/mol. The first-order chi connectivity index (χ1) is 16.4. The maximum Gasteiger partial charge on any atom is 0.280 e. The molecule has 12 heteroatoms. The molecule has 35 heavy (non-hydrogen) atoms. The molecule has 186 valence electrons. The van der Waals surface area contributed by atoms with Crippen molar-refractivity contribution in [1.29, 1.82) is 0 Å². The molecule has 1 saturated heterocycles. The van der Waals surface area contributed by atoms with Gasteiger partial charge in [-0.05, 0) is 37.7 Å². The van der Waals surface area contributed by atoms with Gasteiger partial charge in [-0.1, -0.05) is 0 Å². The van der Waals surface area contributed by atoms with Gasteiger partial charge in [0, 0.05) is 48.4 Å². The van der Waals surface area contributed by atoms with Crippen LogP contribution < -0.4 is 10.6 Å². The number of fused-ring (bicyclic) bond motifs is 2. The van der Waals surface area contributed by atoms with Crippen molar-refractivity contribution in [3.63, 3.8) is 0 Å². The van der Waals surface area contributed by atoms with E-state index in [1.165, 1.54) is 23.5 Å². The van der Waals surface area contributed by atoms with Crippen molar-refractivity contribution in [2.45, 2.75) is 31.5 Å². The minimum absolute atomic E-state index is 0. The molecule has 4 heterocycles. The Labute approximate surface area is 211 Å². The van der Waals surface area contributed by atoms with Crippen molar-refractivity contribution in [1.82, 2.24) is 30.4 Å². The lowest BCUT2D eigenvalue weighted by molar-refractivity contribution is -0.119. The Morgan fingerprint density at radius 2 is 2.00 bits per heavy atom. The van der Waals surface area contributed by atoms with E-state index in [0.717, 1.165) is 36.5 Å². The van der Waals surface area contributed by atoms with E-state index in [4.69, 9.17) is 0 Å². The number of benzene rings is 1. The van der Waals surface area contributed by atoms with Crippen molar-refractivity contribution >= 4 is 52.9 Å². The van der Waals surface area contributed by atoms with Crippen molar-refractivity contribution in [2.24, 2.45) is 0 Å². The summed E-state index contributed by atoms with van der Waals surface area (Å²) in [6.07, 6.45) is 2.05. The van der Waals surface area contributed by atoms with E-state index < -0.39 is 6.04 Å². The number of aromatic nitrogens is 2. The lowest BCUT2D eigenvalue weighted by atomic mass is 9.99. The molecule has 0 spiro atoms. The highest BCUT2D eigenvalue weighted by Crippen LogP contribution is 2.25. The number of hydrogen-bond donors (Lipinski definition) is 3. The van der Waals surface area contributed by atoms with Crippen LogP contribution in [0.5, 0.6) is 0 Å². The number of likely N-dealkylation sites (N-methyl/N-ethyl adjacent to an activating group) is 1. The quantitative estimate of drug-likeness (QED) is 0.445. The molecule has 3 aromatic rings. The van der Waals surface area contributed by atoms with Crippen LogP contribution in [0.15, 0.2) is 24.3 Å². The Morgan fingerprint density at radius 3 is 2.80 bits per heavy atom. The first-order valence-electron chi connectivity index (χ1n) is 11.2. The molecule has 0 saturated carbocycles. The third-order valence-corrected chi connectivity index (χ3v) is 7.45. The lowest BCUT2D eigenvalue weighted by Crippen LogP contribution is -2.60. The molecule has 1 fully saturated rings. The van der Waals surface area contributed by atoms with Crippen LogP contribution in [0, 0.1) is 5.82 Å². The number of piperidine rings is 1. The van der Waals surface area contributed by atoms with Crippen LogP contribution in [0.4, 0.5) is 4.39 Å². The van der Waals surface area contributed by atoms with Gasteiger partial charge >= 0.3 is 0 Å². The second-order valence-electron chi connectivity index (χ2n) is 8.84. The van der Waals surface area contributed by atoms with E-state index in [-0.39, 0.29) is 42.6 Å². The first-order valence-corrected chi connectivity index (χ1v) is 12.0. The van der Waals surface area contributed by atoms with Gasteiger partial charge in [-0.15, -0.1) is 23.7 Å². The molecule has 3 amide bonds. The number of aromatic amines is 1. The highest BCUT2D eigenvalue weighted by molar-refractivity contribution is 7.13. The number of likely N-dealkylation sites (tertiary alicyclic amines) is 1. The van der Waals surface area contributed by atoms with Gasteiger partial charge in [-0.25, -0.2) is 9.37 Å². The van der Waals surface area contributed by atoms with Crippen molar-refractivity contribution < 1.29 is 18.8 Å². The minimum atomic E-state index is -0.471. The van der Waals surface area contributed by atoms with E-state index >= 15 is 0 Å². The highest BCUT2D eigenvalue weighted by atomic mass is 35.5. The molecule has 2 aliphatic heterocycles. The van der Waals surface area contributed by atoms with Crippen LogP contribution in [-0.4, -0.2) is 76.8 Å². The second kappa shape index (κ2) is 10.3. The van der Waals surface area contributed by atoms with Crippen LogP contribution in [-0.2, 0) is 17.8 Å². The van der Waals surface area contributed by atoms with Crippen LogP contribution in [0.1, 0.15) is 37.3 Å². The van der Waals surface area contributed by atoms with E-state index in [1.807, 2.05) is 7.05 Å². The Kier molecular flexibility index (Phi) is 7.39. The molecule has 1 aromatic carbocycles. The third-order valence-electron chi connectivity index (χ3n) is 6.37. The topological polar surface area (TPSA) is 110 Å². The molecule has 0 aliphatic carbocycles. The highest BCUT2D eigenvalue weighted by Gasteiger charge is 2.33. The maximum absolute atomic E-state index is 13.5. The summed E-state index contributed by atoms with van der Waals surface area (Å²) in [6.45, 7) is 2.43. The van der Waals surface area contributed by atoms with E-state index in [2.05, 4.69) is 25.5 Å². The molecule has 0 bridgehead atoms. The number of amides is 3. The number of carbonyl (C=O) groups is 3. The SMILES string of the molecule is CN1CCc2nc(C(=O)N[C@H]3CN(C=O)CC[C@@H]3NC(=O)c3cc4cc(F)ccc4[nH]3)sc2C1.Cl. The first kappa shape index (κ1) is 25.1. The maximum atomic E-state index is 13.5. The summed E-state index contributed by atoms with van der Waals surface area (Å²) >= 11 is 1.39. The van der Waals surface area contributed by atoms with Gasteiger partial charge < -0.3 is 25.4 Å². The minimum Gasteiger partial charge on any atom is -0.351 e. The zero-order valence-corrected chi connectivity index (χ0v) is 20.7. The zero-order chi connectivity index (χ0) is 23.8. The summed E-state index contributed by atoms with van der Waals surface area (Å²) < 4.78 is 13.5. The summed E-state index contributed by atoms with van der Waals surface area (Å²) in [5.74, 6) is -1.04. The largest absolute Gasteiger partial charge is 0.351 e. The van der Waals surface area contributed by atoms with Gasteiger partial charge in [0.25, 0.3) is 11.8 Å². The van der Waals surface area contributed by atoms with Crippen LogP contribution >= 0.6 is 23.7 Å². The monoisotopic (exact) mass is 520 g/mol. The number of halogens is 2. The molecule has 5 rings (SSSR count). The van der Waals surface area contributed by atoms with Gasteiger partial charge in [-0.3, -0.25) is 14.4 Å². The number of rotatable bonds is 5. The van der Waals surface area contributed by atoms with Gasteiger partial charge in [0.05, 0.1) is 17.8 Å². The van der Waals surface area contributed by atoms with E-state index in [9.17, 15) is 18.8 Å². The number of hydrogen-bond acceptors (Lipinski definition) is 6. The van der Waals surface area contributed by atoms with Crippen LogP contribution in [0.25, 0.3) is 10.9 Å². The molecule has 0 unspecified atom stereocenters. The van der Waals surface area contributed by atoms with Crippen molar-refractivity contribution in [2.75, 3.05) is 26.7 Å². The summed E-state index contributed by atoms with van der Waals surface area (Å²) in [5, 5.41) is 6.95. The number of thiazole rings is 1. The number of H-pyrrole nitrogens is 1. The number of nitrogens with one attached hydrogen (secondary N) is 3. The van der Waals surface area contributed by atoms with Gasteiger partial charge in [0.2, 0.25) is 6.41 Å². The Balaban J connectivity index is 0.00000289. The predicted octanol–water partition coefficient (Wildman–Crippen LogP) is 1.93. The van der Waals surface area contributed by atoms with E-state index in [1.54, 1.807) is 17.0 Å². The smallest absolute Gasteiger partial charge is 0.280 e. The van der Waals surface area contributed by atoms with Crippen molar-refractivity contribution in [3.05, 3.63) is 51.4 Å². The average Bonchev–Trinajstić information content (AvgIpc) is 3.43. The molecule has 2 aromatic heterocycles. The third kappa shape index (κ3) is 5.31. The Hall–Kier alpha value is -3.02. The molecule has 2 aliphatic rings. The summed E-state index contributed by atoms with van der Waals surface area (Å²) in [7, 11) is 2.04. The van der Waals surface area contributed by atoms with Crippen LogP contribution in [0.2, 0.25) is 0 Å². The molecular formula is C23H26ClFN6O3S. The van der Waals surface area contributed by atoms with Gasteiger partial charge in [-0.2, -0.15) is 0 Å². The molecule has 3 N–H and O–H groups in total. The number of carbonyl (C=O) groups excluding carboxylic acids is 3. The Morgan fingerprint density at radius 1 is 1.20 bits per heavy atom. The van der Waals surface area contributed by atoms with Gasteiger partial charge in [0.15, 0.2) is 5.01 Å². The molecule has 0 radical (unpaired) electrons. The van der Waals surface area contributed by atoms with E-state index in [0.29, 0.717) is 34.6 Å². The van der Waals surface area contributed by atoms with Crippen molar-refractivity contribution in [3.8, 4) is 0 Å². The number of nitrogens with zero attached hydrogens (tertiary/aromatic N) is 3. The Bertz CT molecular complexity index is 1260. The van der Waals surface area contributed by atoms with Crippen LogP contribution in [0.3, 0.4) is 0 Å². The zero-order valence-electron chi connectivity index (χ0n) is 19.0. The summed E-state index contributed by atoms with van der Waals surface area (Å²) in [6, 6.07) is 5.02. The second-order valence-corrected chi connectivity index (χ2v) is 9.92.